The molecule has 7 nitrogen and oxygen atoms in total. The minimum absolute atomic E-state index is 0.243. The number of ether oxygens (including phenoxy) is 1. The maximum Gasteiger partial charge on any atom is 0.239 e. The molecular weight excluding hydrogens is 411 g/mol. The van der Waals surface area contributed by atoms with Crippen molar-refractivity contribution in [3.05, 3.63) is 52.8 Å². The number of benzene rings is 2. The fourth-order valence-corrected chi connectivity index (χ4v) is 3.50. The number of sulfone groups is 1. The minimum atomic E-state index is -4.03. The Balaban J connectivity index is 1.99. The van der Waals surface area contributed by atoms with Crippen LogP contribution in [-0.2, 0) is 19.4 Å². The number of halogens is 2. The van der Waals surface area contributed by atoms with Gasteiger partial charge < -0.3 is 15.4 Å². The number of amides is 2. The van der Waals surface area contributed by atoms with Gasteiger partial charge in [-0.15, -0.1) is 0 Å². The number of aryl methyl sites for hydroxylation is 1. The summed E-state index contributed by atoms with van der Waals surface area (Å²) in [6, 6.07) is 7.88. The van der Waals surface area contributed by atoms with E-state index in [4.69, 9.17) is 16.3 Å². The molecule has 2 N–H and O–H groups in total. The summed E-state index contributed by atoms with van der Waals surface area (Å²) in [7, 11) is -2.65. The Bertz CT molecular complexity index is 994. The Kier molecular flexibility index (Phi) is 6.98. The first kappa shape index (κ1) is 21.6. The van der Waals surface area contributed by atoms with Gasteiger partial charge in [-0.1, -0.05) is 11.6 Å². The van der Waals surface area contributed by atoms with Crippen LogP contribution in [0.1, 0.15) is 5.56 Å². The fourth-order valence-electron chi connectivity index (χ4n) is 2.30. The third-order valence-corrected chi connectivity index (χ3v) is 5.40. The van der Waals surface area contributed by atoms with Gasteiger partial charge in [0, 0.05) is 16.8 Å². The Hall–Kier alpha value is -2.65. The van der Waals surface area contributed by atoms with Crippen LogP contribution in [0.5, 0.6) is 5.75 Å². The molecule has 0 saturated heterocycles. The summed E-state index contributed by atoms with van der Waals surface area (Å²) in [5.74, 6) is -3.66. The van der Waals surface area contributed by atoms with E-state index in [2.05, 4.69) is 10.6 Å². The maximum absolute atomic E-state index is 12.8. The number of anilines is 2. The lowest BCUT2D eigenvalue weighted by atomic mass is 10.2. The standard InChI is InChI=1S/C18H18ClFN2O5S/c1-11-7-15(16(27-2)8-14(11)19)22-18(24)10-28(25,26)9-17(23)21-13-5-3-12(20)4-6-13/h3-8H,9-10H2,1-2H3,(H,21,23)(H,22,24). The second-order valence-corrected chi connectivity index (χ2v) is 8.41. The van der Waals surface area contributed by atoms with E-state index in [0.717, 1.165) is 12.1 Å². The molecule has 2 amide bonds. The Labute approximate surface area is 166 Å². The lowest BCUT2D eigenvalue weighted by Gasteiger charge is -2.12. The predicted molar refractivity (Wildman–Crippen MR) is 105 cm³/mol. The van der Waals surface area contributed by atoms with E-state index in [1.54, 1.807) is 13.0 Å². The van der Waals surface area contributed by atoms with Gasteiger partial charge in [-0.3, -0.25) is 9.59 Å². The van der Waals surface area contributed by atoms with Gasteiger partial charge in [-0.2, -0.15) is 0 Å². The Morgan fingerprint density at radius 2 is 1.64 bits per heavy atom. The molecule has 0 fully saturated rings. The zero-order chi connectivity index (χ0) is 20.9. The topological polar surface area (TPSA) is 102 Å². The minimum Gasteiger partial charge on any atom is -0.495 e. The molecule has 0 atom stereocenters. The number of hydrogen-bond acceptors (Lipinski definition) is 5. The third-order valence-electron chi connectivity index (χ3n) is 3.58. The van der Waals surface area contributed by atoms with Gasteiger partial charge in [0.25, 0.3) is 0 Å². The van der Waals surface area contributed by atoms with E-state index < -0.39 is 39.0 Å². The summed E-state index contributed by atoms with van der Waals surface area (Å²) in [6.45, 7) is 1.72. The van der Waals surface area contributed by atoms with Crippen LogP contribution in [-0.4, -0.2) is 38.8 Å². The van der Waals surface area contributed by atoms with Crippen LogP contribution >= 0.6 is 11.6 Å². The van der Waals surface area contributed by atoms with Crippen LogP contribution in [0.15, 0.2) is 36.4 Å². The highest BCUT2D eigenvalue weighted by Crippen LogP contribution is 2.30. The summed E-state index contributed by atoms with van der Waals surface area (Å²) < 4.78 is 42.2. The molecule has 0 aliphatic carbocycles. The highest BCUT2D eigenvalue weighted by Gasteiger charge is 2.22. The average molecular weight is 429 g/mol. The summed E-state index contributed by atoms with van der Waals surface area (Å²) >= 11 is 5.99. The van der Waals surface area contributed by atoms with Gasteiger partial charge in [-0.05, 0) is 42.8 Å². The van der Waals surface area contributed by atoms with Crippen LogP contribution in [0, 0.1) is 12.7 Å². The van der Waals surface area contributed by atoms with E-state index in [-0.39, 0.29) is 17.1 Å². The van der Waals surface area contributed by atoms with Crippen molar-refractivity contribution in [1.29, 1.82) is 0 Å². The lowest BCUT2D eigenvalue weighted by molar-refractivity contribution is -0.114. The van der Waals surface area contributed by atoms with Crippen molar-refractivity contribution in [2.45, 2.75) is 6.92 Å². The van der Waals surface area contributed by atoms with Gasteiger partial charge in [0.15, 0.2) is 9.84 Å². The maximum atomic E-state index is 12.8. The molecule has 10 heteroatoms. The van der Waals surface area contributed by atoms with Crippen molar-refractivity contribution in [2.24, 2.45) is 0 Å². The molecule has 2 rings (SSSR count). The van der Waals surface area contributed by atoms with Gasteiger partial charge in [0.05, 0.1) is 12.8 Å². The molecule has 0 aliphatic rings. The number of nitrogens with one attached hydrogen (secondary N) is 2. The van der Waals surface area contributed by atoms with E-state index >= 15 is 0 Å². The first-order chi connectivity index (χ1) is 13.1. The van der Waals surface area contributed by atoms with Crippen molar-refractivity contribution < 1.29 is 27.1 Å². The normalized spacial score (nSPS) is 11.0. The first-order valence-corrected chi connectivity index (χ1v) is 10.2. The summed E-state index contributed by atoms with van der Waals surface area (Å²) in [5.41, 5.74) is 1.17. The monoisotopic (exact) mass is 428 g/mol. The molecule has 0 spiro atoms. The van der Waals surface area contributed by atoms with Gasteiger partial charge >= 0.3 is 0 Å². The summed E-state index contributed by atoms with van der Waals surface area (Å²) in [5, 5.41) is 5.20. The van der Waals surface area contributed by atoms with E-state index in [0.29, 0.717) is 10.6 Å². The fraction of sp³-hybridized carbons (Fsp3) is 0.222. The second kappa shape index (κ2) is 9.03. The molecule has 0 bridgehead atoms. The average Bonchev–Trinajstić information content (AvgIpc) is 2.58. The Morgan fingerprint density at radius 3 is 2.21 bits per heavy atom. The molecule has 2 aromatic rings. The van der Waals surface area contributed by atoms with Crippen molar-refractivity contribution in [3.8, 4) is 5.75 Å². The quantitative estimate of drug-likeness (QED) is 0.706. The zero-order valence-corrected chi connectivity index (χ0v) is 16.7. The van der Waals surface area contributed by atoms with Crippen LogP contribution in [0.25, 0.3) is 0 Å². The zero-order valence-electron chi connectivity index (χ0n) is 15.1. The highest BCUT2D eigenvalue weighted by molar-refractivity contribution is 7.92. The number of carbonyl (C=O) groups is 2. The molecule has 0 radical (unpaired) electrons. The van der Waals surface area contributed by atoms with Crippen LogP contribution in [0.2, 0.25) is 5.02 Å². The largest absolute Gasteiger partial charge is 0.495 e. The highest BCUT2D eigenvalue weighted by atomic mass is 35.5. The number of hydrogen-bond donors (Lipinski definition) is 2. The van der Waals surface area contributed by atoms with Crippen molar-refractivity contribution in [1.82, 2.24) is 0 Å². The molecule has 150 valence electrons. The molecule has 0 heterocycles. The Morgan fingerprint density at radius 1 is 1.07 bits per heavy atom. The first-order valence-electron chi connectivity index (χ1n) is 7.99. The summed E-state index contributed by atoms with van der Waals surface area (Å²) in [4.78, 5) is 24.0. The SMILES string of the molecule is COc1cc(Cl)c(C)cc1NC(=O)CS(=O)(=O)CC(=O)Nc1ccc(F)cc1. The number of carbonyl (C=O) groups excluding carboxylic acids is 2. The van der Waals surface area contributed by atoms with Gasteiger partial charge in [-0.25, -0.2) is 12.8 Å². The van der Waals surface area contributed by atoms with E-state index in [1.165, 1.54) is 25.3 Å². The molecule has 28 heavy (non-hydrogen) atoms. The molecule has 0 saturated carbocycles. The van der Waals surface area contributed by atoms with Crippen LogP contribution < -0.4 is 15.4 Å². The van der Waals surface area contributed by atoms with Crippen molar-refractivity contribution >= 4 is 44.6 Å². The smallest absolute Gasteiger partial charge is 0.239 e. The number of methoxy groups -OCH3 is 1. The van der Waals surface area contributed by atoms with Crippen LogP contribution in [0.3, 0.4) is 0 Å². The predicted octanol–water partition coefficient (Wildman–Crippen LogP) is 2.79. The van der Waals surface area contributed by atoms with E-state index in [1.807, 2.05) is 0 Å². The van der Waals surface area contributed by atoms with Gasteiger partial charge in [0.2, 0.25) is 11.8 Å². The molecular formula is C18H18ClFN2O5S. The molecule has 0 unspecified atom stereocenters. The third kappa shape index (κ3) is 6.21. The van der Waals surface area contributed by atoms with Gasteiger partial charge in [0.1, 0.15) is 23.1 Å². The summed E-state index contributed by atoms with van der Waals surface area (Å²) in [6.07, 6.45) is 0. The number of rotatable bonds is 7. The molecule has 0 aromatic heterocycles. The van der Waals surface area contributed by atoms with Crippen molar-refractivity contribution in [3.63, 3.8) is 0 Å². The molecule has 0 aliphatic heterocycles. The van der Waals surface area contributed by atoms with Crippen LogP contribution in [0.4, 0.5) is 15.8 Å². The lowest BCUT2D eigenvalue weighted by Crippen LogP contribution is -2.30. The second-order valence-electron chi connectivity index (χ2n) is 5.94. The van der Waals surface area contributed by atoms with E-state index in [9.17, 15) is 22.4 Å². The van der Waals surface area contributed by atoms with Crippen molar-refractivity contribution in [2.75, 3.05) is 29.2 Å². The molecule has 2 aromatic carbocycles.